The van der Waals surface area contributed by atoms with E-state index in [9.17, 15) is 4.79 Å². The van der Waals surface area contributed by atoms with Gasteiger partial charge in [0.2, 0.25) is 0 Å². The van der Waals surface area contributed by atoms with Gasteiger partial charge in [0.05, 0.1) is 12.3 Å². The number of nitrogen functional groups attached to an aromatic ring is 1. The van der Waals surface area contributed by atoms with Crippen LogP contribution in [0.3, 0.4) is 0 Å². The zero-order valence-corrected chi connectivity index (χ0v) is 20.2. The van der Waals surface area contributed by atoms with Crippen molar-refractivity contribution in [3.8, 4) is 5.75 Å². The zero-order chi connectivity index (χ0) is 23.3. The van der Waals surface area contributed by atoms with E-state index in [0.717, 1.165) is 23.1 Å². The Balaban J connectivity index is 0.00000192. The van der Waals surface area contributed by atoms with E-state index >= 15 is 0 Å². The van der Waals surface area contributed by atoms with Gasteiger partial charge in [-0.2, -0.15) is 0 Å². The Labute approximate surface area is 183 Å². The molecule has 0 aliphatic carbocycles. The van der Waals surface area contributed by atoms with E-state index in [-0.39, 0.29) is 5.91 Å². The van der Waals surface area contributed by atoms with Gasteiger partial charge in [-0.1, -0.05) is 45.6 Å². The molecule has 0 saturated carbocycles. The van der Waals surface area contributed by atoms with Gasteiger partial charge >= 0.3 is 0 Å². The van der Waals surface area contributed by atoms with E-state index in [2.05, 4.69) is 19.2 Å². The molecule has 4 N–H and O–H groups in total. The van der Waals surface area contributed by atoms with Gasteiger partial charge in [0.15, 0.2) is 0 Å². The number of ether oxygens (including phenoxy) is 1. The number of rotatable bonds is 9. The Morgan fingerprint density at radius 1 is 1.00 bits per heavy atom. The van der Waals surface area contributed by atoms with Crippen LogP contribution in [-0.4, -0.2) is 18.2 Å². The first-order chi connectivity index (χ1) is 14.1. The van der Waals surface area contributed by atoms with Gasteiger partial charge < -0.3 is 21.2 Å². The maximum atomic E-state index is 12.8. The summed E-state index contributed by atoms with van der Waals surface area (Å²) in [6.07, 6.45) is 4.18. The summed E-state index contributed by atoms with van der Waals surface area (Å²) in [6.45, 7) is 16.2. The van der Waals surface area contributed by atoms with Crippen molar-refractivity contribution in [2.45, 2.75) is 81.1 Å². The predicted molar refractivity (Wildman–Crippen MR) is 130 cm³/mol. The average Bonchev–Trinajstić information content (AvgIpc) is 2.72. The first kappa shape index (κ1) is 27.4. The molecule has 0 saturated heterocycles. The highest BCUT2D eigenvalue weighted by atomic mass is 16.5. The fraction of sp³-hybridized carbons (Fsp3) is 0.520. The van der Waals surface area contributed by atoms with Crippen LogP contribution >= 0.6 is 0 Å². The Hall–Kier alpha value is -2.56. The number of unbranched alkanes of at least 4 members (excludes halogenated alkanes) is 1. The number of carbonyl (C=O) groups excluding carboxylic acids is 1. The Morgan fingerprint density at radius 3 is 2.07 bits per heavy atom. The van der Waals surface area contributed by atoms with E-state index in [4.69, 9.17) is 15.9 Å². The number of allylic oxidation sites excluding steroid dienone is 2. The molecule has 0 unspecified atom stereocenters. The number of hydrogen-bond donors (Lipinski definition) is 3. The van der Waals surface area contributed by atoms with Crippen molar-refractivity contribution in [3.05, 3.63) is 40.5 Å². The lowest BCUT2D eigenvalue weighted by Gasteiger charge is -2.18. The highest BCUT2D eigenvalue weighted by Gasteiger charge is 2.17. The molecular weight excluding hydrogens is 374 g/mol. The van der Waals surface area contributed by atoms with Crippen LogP contribution in [0.25, 0.3) is 5.70 Å². The summed E-state index contributed by atoms with van der Waals surface area (Å²) >= 11 is 0. The average molecular weight is 416 g/mol. The quantitative estimate of drug-likeness (QED) is 0.244. The molecular formula is C25H41N3O2. The molecule has 1 aromatic carbocycles. The molecule has 0 aromatic heterocycles. The van der Waals surface area contributed by atoms with Crippen LogP contribution in [0.4, 0.5) is 5.69 Å². The molecule has 5 nitrogen and oxygen atoms in total. The van der Waals surface area contributed by atoms with Crippen LogP contribution in [0.5, 0.6) is 5.75 Å². The summed E-state index contributed by atoms with van der Waals surface area (Å²) in [7, 11) is 0. The van der Waals surface area contributed by atoms with Crippen LogP contribution in [0.2, 0.25) is 0 Å². The number of amides is 1. The van der Waals surface area contributed by atoms with Crippen molar-refractivity contribution >= 4 is 23.0 Å². The van der Waals surface area contributed by atoms with Gasteiger partial charge in [0.25, 0.3) is 5.91 Å². The van der Waals surface area contributed by atoms with Crippen LogP contribution in [0.1, 0.15) is 86.6 Å². The van der Waals surface area contributed by atoms with E-state index < -0.39 is 0 Å². The molecule has 0 atom stereocenters. The second-order valence-corrected chi connectivity index (χ2v) is 7.50. The van der Waals surface area contributed by atoms with Gasteiger partial charge in [-0.15, -0.1) is 0 Å². The van der Waals surface area contributed by atoms with Crippen LogP contribution in [-0.2, 0) is 4.79 Å². The number of benzene rings is 1. The maximum Gasteiger partial charge on any atom is 0.251 e. The standard InChI is InChI=1S/C21H31N3O2.C4H10/c1-7-9-18(23)14(5)15(6)21(25)24-20(13(3)4)17-12-16(22)10-11-19(17)26-8-2;1-3-4-2/h10-12,23H,7-9,22H2,1-6H3,(H,24,25);3-4H2,1-2H3/b15-14+,23-18?;. The van der Waals surface area contributed by atoms with Gasteiger partial charge in [0.1, 0.15) is 5.75 Å². The van der Waals surface area contributed by atoms with Crippen molar-refractivity contribution in [2.75, 3.05) is 12.3 Å². The lowest BCUT2D eigenvalue weighted by atomic mass is 10.0. The monoisotopic (exact) mass is 415 g/mol. The predicted octanol–water partition coefficient (Wildman–Crippen LogP) is 6.50. The lowest BCUT2D eigenvalue weighted by Crippen LogP contribution is -2.25. The summed E-state index contributed by atoms with van der Waals surface area (Å²) in [6, 6.07) is 5.40. The number of nitrogens with one attached hydrogen (secondary N) is 2. The maximum absolute atomic E-state index is 12.8. The Kier molecular flexibility index (Phi) is 13.2. The molecule has 30 heavy (non-hydrogen) atoms. The van der Waals surface area contributed by atoms with Gasteiger partial charge in [0, 0.05) is 22.5 Å². The molecule has 5 heteroatoms. The second-order valence-electron chi connectivity index (χ2n) is 7.50. The van der Waals surface area contributed by atoms with Crippen LogP contribution < -0.4 is 15.8 Å². The van der Waals surface area contributed by atoms with Crippen LogP contribution in [0.15, 0.2) is 34.9 Å². The summed E-state index contributed by atoms with van der Waals surface area (Å²) < 4.78 is 5.70. The molecule has 0 aliphatic rings. The third-order valence-corrected chi connectivity index (χ3v) is 4.67. The summed E-state index contributed by atoms with van der Waals surface area (Å²) in [4.78, 5) is 12.8. The molecule has 0 heterocycles. The third kappa shape index (κ3) is 8.85. The molecule has 0 fully saturated rings. The number of nitrogens with two attached hydrogens (primary N) is 1. The fourth-order valence-electron chi connectivity index (χ4n) is 2.53. The number of anilines is 1. The normalized spacial score (nSPS) is 10.9. The van der Waals surface area contributed by atoms with E-state index in [1.54, 1.807) is 19.1 Å². The molecule has 1 amide bonds. The van der Waals surface area contributed by atoms with Gasteiger partial charge in [-0.25, -0.2) is 0 Å². The molecule has 0 bridgehead atoms. The molecule has 1 aromatic rings. The highest BCUT2D eigenvalue weighted by molar-refractivity contribution is 6.08. The summed E-state index contributed by atoms with van der Waals surface area (Å²) in [5, 5.41) is 11.1. The van der Waals surface area contributed by atoms with Crippen molar-refractivity contribution in [2.24, 2.45) is 0 Å². The highest BCUT2D eigenvalue weighted by Crippen LogP contribution is 2.29. The Bertz CT molecular complexity index is 771. The van der Waals surface area contributed by atoms with Crippen LogP contribution in [0, 0.1) is 5.41 Å². The van der Waals surface area contributed by atoms with E-state index in [1.807, 2.05) is 40.7 Å². The third-order valence-electron chi connectivity index (χ3n) is 4.67. The molecule has 0 spiro atoms. The number of carbonyl (C=O) groups is 1. The first-order valence-corrected chi connectivity index (χ1v) is 10.9. The van der Waals surface area contributed by atoms with Crippen molar-refractivity contribution in [1.82, 2.24) is 5.32 Å². The number of hydrogen-bond acceptors (Lipinski definition) is 4. The smallest absolute Gasteiger partial charge is 0.251 e. The van der Waals surface area contributed by atoms with E-state index in [0.29, 0.717) is 41.4 Å². The molecule has 0 radical (unpaired) electrons. The summed E-state index contributed by atoms with van der Waals surface area (Å²) in [5.41, 5.74) is 10.7. The molecule has 168 valence electrons. The molecule has 0 aliphatic heterocycles. The minimum atomic E-state index is -0.218. The van der Waals surface area contributed by atoms with Crippen molar-refractivity contribution < 1.29 is 9.53 Å². The zero-order valence-electron chi connectivity index (χ0n) is 20.2. The lowest BCUT2D eigenvalue weighted by molar-refractivity contribution is -0.116. The van der Waals surface area contributed by atoms with Gasteiger partial charge in [-0.3, -0.25) is 4.79 Å². The SMILES string of the molecule is CCCC.CCCC(=N)/C(C)=C(\C)C(=O)NC(=C(C)C)c1cc(N)ccc1OCC. The van der Waals surface area contributed by atoms with E-state index in [1.165, 1.54) is 12.8 Å². The summed E-state index contributed by atoms with van der Waals surface area (Å²) in [5.74, 6) is 0.458. The molecule has 1 rings (SSSR count). The van der Waals surface area contributed by atoms with Gasteiger partial charge in [-0.05, 0) is 64.8 Å². The fourth-order valence-corrected chi connectivity index (χ4v) is 2.53. The topological polar surface area (TPSA) is 88.2 Å². The largest absolute Gasteiger partial charge is 0.493 e. The first-order valence-electron chi connectivity index (χ1n) is 10.9. The minimum Gasteiger partial charge on any atom is -0.493 e. The second kappa shape index (κ2) is 14.4. The van der Waals surface area contributed by atoms with Crippen molar-refractivity contribution in [3.63, 3.8) is 0 Å². The minimum absolute atomic E-state index is 0.218. The Morgan fingerprint density at radius 2 is 1.60 bits per heavy atom. The van der Waals surface area contributed by atoms with Crippen molar-refractivity contribution in [1.29, 1.82) is 5.41 Å².